The Hall–Kier alpha value is -2.42. The smallest absolute Gasteiger partial charge is 0.352 e. The van der Waals surface area contributed by atoms with Gasteiger partial charge in [-0.15, -0.1) is 0 Å². The van der Waals surface area contributed by atoms with E-state index in [1.165, 1.54) is 36.2 Å². The summed E-state index contributed by atoms with van der Waals surface area (Å²) in [5, 5.41) is 7.19. The molecule has 6 nitrogen and oxygen atoms in total. The molecule has 0 aliphatic carbocycles. The van der Waals surface area contributed by atoms with E-state index in [4.69, 9.17) is 0 Å². The molecule has 31 heavy (non-hydrogen) atoms. The molecule has 3 rings (SSSR count). The molecule has 1 atom stereocenters. The topological polar surface area (TPSA) is 63.1 Å². The molecule has 1 unspecified atom stereocenters. The first-order valence-corrected chi connectivity index (χ1v) is 10.8. The first kappa shape index (κ1) is 23.2. The summed E-state index contributed by atoms with van der Waals surface area (Å²) in [6.07, 6.45) is 2.38. The van der Waals surface area contributed by atoms with Crippen molar-refractivity contribution in [2.45, 2.75) is 64.6 Å². The van der Waals surface area contributed by atoms with Gasteiger partial charge in [0.25, 0.3) is 5.91 Å². The lowest BCUT2D eigenvalue weighted by Gasteiger charge is -2.33. The number of likely N-dealkylation sites (tertiary alicyclic amines) is 1. The van der Waals surface area contributed by atoms with Gasteiger partial charge in [0, 0.05) is 25.3 Å². The van der Waals surface area contributed by atoms with E-state index in [9.17, 15) is 18.0 Å². The van der Waals surface area contributed by atoms with Crippen LogP contribution < -0.4 is 5.32 Å². The number of pyridine rings is 1. The van der Waals surface area contributed by atoms with E-state index in [0.29, 0.717) is 23.8 Å². The maximum absolute atomic E-state index is 12.8. The molecule has 2 aromatic heterocycles. The van der Waals surface area contributed by atoms with Crippen LogP contribution in [0.1, 0.15) is 74.0 Å². The Bertz CT molecular complexity index is 876. The van der Waals surface area contributed by atoms with Crippen molar-refractivity contribution in [3.05, 3.63) is 41.3 Å². The predicted octanol–water partition coefficient (Wildman–Crippen LogP) is 4.40. The van der Waals surface area contributed by atoms with Gasteiger partial charge >= 0.3 is 6.18 Å². The van der Waals surface area contributed by atoms with E-state index < -0.39 is 11.7 Å². The Morgan fingerprint density at radius 1 is 1.26 bits per heavy atom. The average Bonchev–Trinajstić information content (AvgIpc) is 3.17. The number of hydrogen-bond donors (Lipinski definition) is 1. The zero-order valence-corrected chi connectivity index (χ0v) is 18.2. The van der Waals surface area contributed by atoms with E-state index in [1.54, 1.807) is 0 Å². The average molecular weight is 438 g/mol. The van der Waals surface area contributed by atoms with Gasteiger partial charge in [0.15, 0.2) is 5.82 Å². The fraction of sp³-hybridized carbons (Fsp3) is 0.591. The van der Waals surface area contributed by atoms with Gasteiger partial charge in [-0.1, -0.05) is 20.3 Å². The summed E-state index contributed by atoms with van der Waals surface area (Å²) in [4.78, 5) is 19.1. The largest absolute Gasteiger partial charge is 0.417 e. The Balaban J connectivity index is 1.66. The lowest BCUT2D eigenvalue weighted by atomic mass is 10.0. The molecule has 2 aromatic rings. The summed E-state index contributed by atoms with van der Waals surface area (Å²) >= 11 is 0. The quantitative estimate of drug-likeness (QED) is 0.652. The zero-order chi connectivity index (χ0) is 22.6. The van der Waals surface area contributed by atoms with Gasteiger partial charge in [0.1, 0.15) is 0 Å². The first-order valence-electron chi connectivity index (χ1n) is 10.8. The van der Waals surface area contributed by atoms with Crippen LogP contribution in [-0.2, 0) is 6.18 Å². The van der Waals surface area contributed by atoms with Crippen molar-refractivity contribution >= 4 is 5.91 Å². The normalized spacial score (nSPS) is 17.8. The minimum absolute atomic E-state index is 0.0680. The van der Waals surface area contributed by atoms with Crippen molar-refractivity contribution in [2.75, 3.05) is 19.6 Å². The standard InChI is InChI=1S/C22H30F3N5O/c1-15(2)20-18(21(31)26-10-6-12-29-11-5-4-7-16(29)3)14-28-30(20)19-9-8-17(13-27-19)22(23,24)25/h8-9,13-16H,4-7,10-12H2,1-3H3,(H,26,31). The minimum atomic E-state index is -4.45. The van der Waals surface area contributed by atoms with E-state index >= 15 is 0 Å². The van der Waals surface area contributed by atoms with Gasteiger partial charge < -0.3 is 10.2 Å². The molecular formula is C22H30F3N5O. The lowest BCUT2D eigenvalue weighted by Crippen LogP contribution is -2.39. The van der Waals surface area contributed by atoms with Gasteiger partial charge in [-0.25, -0.2) is 9.67 Å². The molecule has 170 valence electrons. The molecule has 1 aliphatic rings. The van der Waals surface area contributed by atoms with Crippen LogP contribution in [0.3, 0.4) is 0 Å². The monoisotopic (exact) mass is 437 g/mol. The van der Waals surface area contributed by atoms with Crippen molar-refractivity contribution in [3.63, 3.8) is 0 Å². The van der Waals surface area contributed by atoms with Crippen LogP contribution in [0.15, 0.2) is 24.5 Å². The summed E-state index contributed by atoms with van der Waals surface area (Å²) < 4.78 is 39.9. The molecule has 1 saturated heterocycles. The van der Waals surface area contributed by atoms with Gasteiger partial charge in [-0.05, 0) is 50.8 Å². The Kier molecular flexibility index (Phi) is 7.35. The van der Waals surface area contributed by atoms with E-state index in [0.717, 1.165) is 31.8 Å². The second-order valence-electron chi connectivity index (χ2n) is 8.40. The van der Waals surface area contributed by atoms with Crippen LogP contribution in [0.25, 0.3) is 5.82 Å². The molecule has 3 heterocycles. The third kappa shape index (κ3) is 5.64. The second kappa shape index (κ2) is 9.80. The number of nitrogens with one attached hydrogen (secondary N) is 1. The molecule has 9 heteroatoms. The number of carbonyl (C=O) groups excluding carboxylic acids is 1. The minimum Gasteiger partial charge on any atom is -0.352 e. The summed E-state index contributed by atoms with van der Waals surface area (Å²) in [5.74, 6) is -0.0510. The summed E-state index contributed by atoms with van der Waals surface area (Å²) in [6.45, 7) is 8.69. The maximum atomic E-state index is 12.8. The Morgan fingerprint density at radius 2 is 2.03 bits per heavy atom. The number of halogens is 3. The van der Waals surface area contributed by atoms with Crippen LogP contribution in [0.2, 0.25) is 0 Å². The highest BCUT2D eigenvalue weighted by Gasteiger charge is 2.31. The van der Waals surface area contributed by atoms with Gasteiger partial charge in [-0.3, -0.25) is 4.79 Å². The second-order valence-corrected chi connectivity index (χ2v) is 8.40. The number of alkyl halides is 3. The highest BCUT2D eigenvalue weighted by Crippen LogP contribution is 2.29. The van der Waals surface area contributed by atoms with Crippen molar-refractivity contribution < 1.29 is 18.0 Å². The van der Waals surface area contributed by atoms with Gasteiger partial charge in [0.05, 0.1) is 23.0 Å². The number of nitrogens with zero attached hydrogens (tertiary/aromatic N) is 4. The number of hydrogen-bond acceptors (Lipinski definition) is 4. The Morgan fingerprint density at radius 3 is 2.65 bits per heavy atom. The molecule has 1 fully saturated rings. The molecule has 1 amide bonds. The van der Waals surface area contributed by atoms with Crippen molar-refractivity contribution in [1.82, 2.24) is 25.0 Å². The van der Waals surface area contributed by atoms with Gasteiger partial charge in [0.2, 0.25) is 0 Å². The van der Waals surface area contributed by atoms with E-state index in [2.05, 4.69) is 27.2 Å². The van der Waals surface area contributed by atoms with E-state index in [-0.39, 0.29) is 17.6 Å². The third-order valence-corrected chi connectivity index (χ3v) is 5.74. The van der Waals surface area contributed by atoms with Crippen LogP contribution in [0.4, 0.5) is 13.2 Å². The Labute approximate surface area is 180 Å². The predicted molar refractivity (Wildman–Crippen MR) is 112 cm³/mol. The number of carbonyl (C=O) groups is 1. The summed E-state index contributed by atoms with van der Waals surface area (Å²) in [6, 6.07) is 2.82. The fourth-order valence-corrected chi connectivity index (χ4v) is 4.02. The van der Waals surface area contributed by atoms with Crippen LogP contribution in [0, 0.1) is 0 Å². The third-order valence-electron chi connectivity index (χ3n) is 5.74. The van der Waals surface area contributed by atoms with Crippen LogP contribution in [0.5, 0.6) is 0 Å². The number of rotatable bonds is 7. The highest BCUT2D eigenvalue weighted by atomic mass is 19.4. The fourth-order valence-electron chi connectivity index (χ4n) is 4.02. The summed E-state index contributed by atoms with van der Waals surface area (Å²) in [5.41, 5.74) is 0.216. The molecule has 0 spiro atoms. The van der Waals surface area contributed by atoms with Crippen molar-refractivity contribution in [1.29, 1.82) is 0 Å². The van der Waals surface area contributed by atoms with Crippen LogP contribution in [-0.4, -0.2) is 51.2 Å². The van der Waals surface area contributed by atoms with Crippen LogP contribution >= 0.6 is 0 Å². The zero-order valence-electron chi connectivity index (χ0n) is 18.2. The number of piperidine rings is 1. The SMILES string of the molecule is CC(C)c1c(C(=O)NCCCN2CCCCC2C)cnn1-c1ccc(C(F)(F)F)cn1. The molecule has 0 saturated carbocycles. The van der Waals surface area contributed by atoms with Crippen molar-refractivity contribution in [2.24, 2.45) is 0 Å². The number of aromatic nitrogens is 3. The molecule has 0 radical (unpaired) electrons. The summed E-state index contributed by atoms with van der Waals surface area (Å²) in [7, 11) is 0. The number of amides is 1. The lowest BCUT2D eigenvalue weighted by molar-refractivity contribution is -0.137. The molecule has 1 aliphatic heterocycles. The highest BCUT2D eigenvalue weighted by molar-refractivity contribution is 5.95. The maximum Gasteiger partial charge on any atom is 0.417 e. The molecular weight excluding hydrogens is 407 g/mol. The van der Waals surface area contributed by atoms with E-state index in [1.807, 2.05) is 13.8 Å². The van der Waals surface area contributed by atoms with Crippen molar-refractivity contribution in [3.8, 4) is 5.82 Å². The molecule has 0 aromatic carbocycles. The van der Waals surface area contributed by atoms with Gasteiger partial charge in [-0.2, -0.15) is 18.3 Å². The molecule has 1 N–H and O–H groups in total. The molecule has 0 bridgehead atoms. The first-order chi connectivity index (χ1) is 14.7.